The zero-order valence-corrected chi connectivity index (χ0v) is 15.1. The smallest absolute Gasteiger partial charge is 0.428 e. The van der Waals surface area contributed by atoms with Crippen LogP contribution in [0, 0.1) is 20.8 Å². The fraction of sp³-hybridized carbons (Fsp3) is 0.278. The number of rotatable bonds is 5. The standard InChI is InChI=1S/C18H17F4N3O3/c1-9-7-10(2)23-11(3)14(9)24-17(27)25-15(26)12-5-4-6-13(8-12)28-18(21,22)16(19)20/h4-8,16H,1-3H3,(H2,24,25,26,27). The SMILES string of the molecule is Cc1cc(C)c(NC(=O)NC(=O)c2cccc(OC(F)(F)C(F)F)c2)c(C)n1. The molecule has 6 nitrogen and oxygen atoms in total. The Bertz CT molecular complexity index is 880. The van der Waals surface area contributed by atoms with Crippen LogP contribution < -0.4 is 15.4 Å². The Morgan fingerprint density at radius 3 is 2.43 bits per heavy atom. The first-order chi connectivity index (χ1) is 13.0. The van der Waals surface area contributed by atoms with E-state index in [2.05, 4.69) is 15.0 Å². The molecule has 3 amide bonds. The molecule has 1 aromatic heterocycles. The number of halogens is 4. The Morgan fingerprint density at radius 1 is 1.14 bits per heavy atom. The maximum atomic E-state index is 13.0. The molecule has 0 aliphatic rings. The summed E-state index contributed by atoms with van der Waals surface area (Å²) in [5.41, 5.74) is 2.23. The number of anilines is 1. The number of alkyl halides is 4. The molecule has 2 aromatic rings. The molecule has 10 heteroatoms. The average molecular weight is 399 g/mol. The molecule has 150 valence electrons. The van der Waals surface area contributed by atoms with Crippen LogP contribution in [-0.4, -0.2) is 29.5 Å². The lowest BCUT2D eigenvalue weighted by Gasteiger charge is -2.17. The maximum Gasteiger partial charge on any atom is 0.461 e. The van der Waals surface area contributed by atoms with Gasteiger partial charge in [-0.25, -0.2) is 4.79 Å². The van der Waals surface area contributed by atoms with Gasteiger partial charge in [0.2, 0.25) is 0 Å². The van der Waals surface area contributed by atoms with E-state index in [-0.39, 0.29) is 5.56 Å². The second-order valence-corrected chi connectivity index (χ2v) is 5.94. The van der Waals surface area contributed by atoms with Crippen molar-refractivity contribution in [3.63, 3.8) is 0 Å². The van der Waals surface area contributed by atoms with Gasteiger partial charge in [-0.2, -0.15) is 17.6 Å². The number of ether oxygens (including phenoxy) is 1. The molecule has 0 aliphatic heterocycles. The van der Waals surface area contributed by atoms with E-state index in [1.807, 2.05) is 5.32 Å². The normalized spacial score (nSPS) is 11.3. The van der Waals surface area contributed by atoms with Crippen LogP contribution in [0.25, 0.3) is 0 Å². The minimum Gasteiger partial charge on any atom is -0.428 e. The van der Waals surface area contributed by atoms with E-state index >= 15 is 0 Å². The average Bonchev–Trinajstić information content (AvgIpc) is 2.57. The van der Waals surface area contributed by atoms with Crippen LogP contribution in [0.15, 0.2) is 30.3 Å². The van der Waals surface area contributed by atoms with E-state index in [1.165, 1.54) is 6.07 Å². The summed E-state index contributed by atoms with van der Waals surface area (Å²) in [4.78, 5) is 28.4. The first-order valence-corrected chi connectivity index (χ1v) is 8.02. The fourth-order valence-electron chi connectivity index (χ4n) is 2.44. The van der Waals surface area contributed by atoms with Gasteiger partial charge in [-0.15, -0.1) is 0 Å². The summed E-state index contributed by atoms with van der Waals surface area (Å²) in [5.74, 6) is -1.58. The number of nitrogens with one attached hydrogen (secondary N) is 2. The lowest BCUT2D eigenvalue weighted by molar-refractivity contribution is -0.253. The third-order valence-electron chi connectivity index (χ3n) is 3.60. The van der Waals surface area contributed by atoms with Gasteiger partial charge in [0, 0.05) is 11.3 Å². The molecule has 0 saturated heterocycles. The number of hydrogen-bond acceptors (Lipinski definition) is 4. The molecule has 0 unspecified atom stereocenters. The fourth-order valence-corrected chi connectivity index (χ4v) is 2.44. The van der Waals surface area contributed by atoms with Gasteiger partial charge in [-0.05, 0) is 50.6 Å². The van der Waals surface area contributed by atoms with E-state index in [4.69, 9.17) is 0 Å². The largest absolute Gasteiger partial charge is 0.461 e. The van der Waals surface area contributed by atoms with Crippen LogP contribution in [0.5, 0.6) is 5.75 Å². The van der Waals surface area contributed by atoms with Gasteiger partial charge >= 0.3 is 18.6 Å². The summed E-state index contributed by atoms with van der Waals surface area (Å²) in [7, 11) is 0. The maximum absolute atomic E-state index is 13.0. The Labute approximate surface area is 157 Å². The van der Waals surface area contributed by atoms with Crippen molar-refractivity contribution in [3.8, 4) is 5.75 Å². The highest BCUT2D eigenvalue weighted by atomic mass is 19.3. The van der Waals surface area contributed by atoms with Crippen molar-refractivity contribution in [1.29, 1.82) is 0 Å². The number of pyridine rings is 1. The summed E-state index contributed by atoms with van der Waals surface area (Å²) < 4.78 is 54.3. The number of hydrogen-bond donors (Lipinski definition) is 2. The summed E-state index contributed by atoms with van der Waals surface area (Å²) in [6.45, 7) is 5.23. The van der Waals surface area contributed by atoms with Crippen LogP contribution in [0.4, 0.5) is 28.0 Å². The first kappa shape index (κ1) is 21.1. The van der Waals surface area contributed by atoms with Crippen molar-refractivity contribution in [3.05, 3.63) is 52.8 Å². The van der Waals surface area contributed by atoms with Crippen LogP contribution in [0.3, 0.4) is 0 Å². The monoisotopic (exact) mass is 399 g/mol. The van der Waals surface area contributed by atoms with Gasteiger partial charge in [0.15, 0.2) is 0 Å². The molecule has 0 aliphatic carbocycles. The van der Waals surface area contributed by atoms with E-state index in [9.17, 15) is 27.2 Å². The van der Waals surface area contributed by atoms with Gasteiger partial charge in [0.05, 0.1) is 11.4 Å². The van der Waals surface area contributed by atoms with Crippen molar-refractivity contribution in [2.24, 2.45) is 0 Å². The topological polar surface area (TPSA) is 80.3 Å². The number of aromatic nitrogens is 1. The van der Waals surface area contributed by atoms with Gasteiger partial charge < -0.3 is 10.1 Å². The molecule has 2 rings (SSSR count). The van der Waals surface area contributed by atoms with E-state index in [1.54, 1.807) is 26.8 Å². The highest BCUT2D eigenvalue weighted by Gasteiger charge is 2.44. The molecular formula is C18H17F4N3O3. The van der Waals surface area contributed by atoms with Crippen LogP contribution in [-0.2, 0) is 0 Å². The number of aryl methyl sites for hydroxylation is 3. The summed E-state index contributed by atoms with van der Waals surface area (Å²) in [6.07, 6.45) is -8.75. The summed E-state index contributed by atoms with van der Waals surface area (Å²) in [5, 5.41) is 4.51. The van der Waals surface area contributed by atoms with E-state index < -0.39 is 30.2 Å². The van der Waals surface area contributed by atoms with Gasteiger partial charge in [-0.1, -0.05) is 6.07 Å². The Balaban J connectivity index is 2.09. The summed E-state index contributed by atoms with van der Waals surface area (Å²) in [6, 6.07) is 5.04. The molecule has 1 heterocycles. The molecule has 1 aromatic carbocycles. The molecule has 2 N–H and O–H groups in total. The third-order valence-corrected chi connectivity index (χ3v) is 3.60. The molecule has 0 atom stereocenters. The lowest BCUT2D eigenvalue weighted by Crippen LogP contribution is -2.35. The van der Waals surface area contributed by atoms with Gasteiger partial charge in [0.25, 0.3) is 5.91 Å². The van der Waals surface area contributed by atoms with Crippen LogP contribution in [0.1, 0.15) is 27.3 Å². The molecule has 0 saturated carbocycles. The molecule has 28 heavy (non-hydrogen) atoms. The van der Waals surface area contributed by atoms with E-state index in [0.29, 0.717) is 11.4 Å². The second kappa shape index (κ2) is 8.24. The predicted molar refractivity (Wildman–Crippen MR) is 93.0 cm³/mol. The molecular weight excluding hydrogens is 382 g/mol. The highest BCUT2D eigenvalue weighted by Crippen LogP contribution is 2.27. The second-order valence-electron chi connectivity index (χ2n) is 5.94. The number of amides is 3. The zero-order valence-electron chi connectivity index (χ0n) is 15.1. The lowest BCUT2D eigenvalue weighted by atomic mass is 10.1. The number of benzene rings is 1. The zero-order chi connectivity index (χ0) is 21.1. The Hall–Kier alpha value is -3.17. The minimum atomic E-state index is -4.71. The molecule has 0 bridgehead atoms. The van der Waals surface area contributed by atoms with Crippen molar-refractivity contribution in [1.82, 2.24) is 10.3 Å². The van der Waals surface area contributed by atoms with E-state index in [0.717, 1.165) is 29.5 Å². The first-order valence-electron chi connectivity index (χ1n) is 8.02. The molecule has 0 spiro atoms. The number of imide groups is 1. The number of carbonyl (C=O) groups excluding carboxylic acids is 2. The quantitative estimate of drug-likeness (QED) is 0.739. The Morgan fingerprint density at radius 2 is 1.82 bits per heavy atom. The van der Waals surface area contributed by atoms with Crippen molar-refractivity contribution in [2.45, 2.75) is 33.3 Å². The van der Waals surface area contributed by atoms with Gasteiger partial charge in [-0.3, -0.25) is 15.1 Å². The molecule has 0 fully saturated rings. The molecule has 0 radical (unpaired) electrons. The van der Waals surface area contributed by atoms with Crippen LogP contribution in [0.2, 0.25) is 0 Å². The van der Waals surface area contributed by atoms with Crippen LogP contribution >= 0.6 is 0 Å². The Kier molecular flexibility index (Phi) is 6.22. The van der Waals surface area contributed by atoms with Gasteiger partial charge in [0.1, 0.15) is 5.75 Å². The third kappa shape index (κ3) is 5.18. The van der Waals surface area contributed by atoms with Crippen molar-refractivity contribution in [2.75, 3.05) is 5.32 Å². The van der Waals surface area contributed by atoms with Crippen molar-refractivity contribution >= 4 is 17.6 Å². The number of nitrogens with zero attached hydrogens (tertiary/aromatic N) is 1. The minimum absolute atomic E-state index is 0.229. The van der Waals surface area contributed by atoms with Crippen molar-refractivity contribution < 1.29 is 31.9 Å². The summed E-state index contributed by atoms with van der Waals surface area (Å²) >= 11 is 0. The highest BCUT2D eigenvalue weighted by molar-refractivity contribution is 6.08. The number of carbonyl (C=O) groups is 2. The predicted octanol–water partition coefficient (Wildman–Crippen LogP) is 4.21. The number of urea groups is 1.